The Morgan fingerprint density at radius 2 is 2.00 bits per heavy atom. The number of hydrogen-bond acceptors (Lipinski definition) is 3. The summed E-state index contributed by atoms with van der Waals surface area (Å²) in [6, 6.07) is 0. The van der Waals surface area contributed by atoms with Gasteiger partial charge in [-0.3, -0.25) is 0 Å². The number of ether oxygens (including phenoxy) is 2. The molecule has 0 atom stereocenters. The van der Waals surface area contributed by atoms with Gasteiger partial charge in [0.1, 0.15) is 21.7 Å². The molecule has 70 valence electrons. The molecule has 0 spiro atoms. The zero-order valence-corrected chi connectivity index (χ0v) is 9.87. The molecule has 0 bridgehead atoms. The molecule has 1 aromatic heterocycles. The van der Waals surface area contributed by atoms with E-state index in [0.29, 0.717) is 5.82 Å². The lowest BCUT2D eigenvalue weighted by Crippen LogP contribution is -2.06. The molecule has 0 aliphatic carbocycles. The van der Waals surface area contributed by atoms with E-state index in [1.165, 1.54) is 12.5 Å². The van der Waals surface area contributed by atoms with E-state index in [-0.39, 0.29) is 0 Å². The zero-order chi connectivity index (χ0) is 9.42. The summed E-state index contributed by atoms with van der Waals surface area (Å²) in [5.74, 6) is 0.712. The average Bonchev–Trinajstić information content (AvgIpc) is 2.70. The van der Waals surface area contributed by atoms with Gasteiger partial charge >= 0.3 is 0 Å². The molecule has 2 rings (SSSR count). The number of imidazole rings is 1. The van der Waals surface area contributed by atoms with Crippen LogP contribution in [0.15, 0.2) is 21.7 Å². The van der Waals surface area contributed by atoms with Crippen LogP contribution in [0.4, 0.5) is 0 Å². The smallest absolute Gasteiger partial charge is 0.299 e. The summed E-state index contributed by atoms with van der Waals surface area (Å²) in [7, 11) is 1.88. The molecule has 1 aliphatic rings. The minimum atomic E-state index is -0.437. The van der Waals surface area contributed by atoms with Gasteiger partial charge in [0.25, 0.3) is 6.29 Å². The molecule has 0 saturated carbocycles. The highest BCUT2D eigenvalue weighted by Crippen LogP contribution is 2.29. The minimum absolute atomic E-state index is 0.437. The topological polar surface area (TPSA) is 36.3 Å². The highest BCUT2D eigenvalue weighted by Gasteiger charge is 2.23. The number of hydrogen-bond donors (Lipinski definition) is 0. The maximum absolute atomic E-state index is 5.16. The third-order valence-electron chi connectivity index (χ3n) is 1.69. The molecule has 0 saturated heterocycles. The van der Waals surface area contributed by atoms with Gasteiger partial charge < -0.3 is 14.0 Å². The Morgan fingerprint density at radius 1 is 1.38 bits per heavy atom. The summed E-state index contributed by atoms with van der Waals surface area (Å²) in [6.07, 6.45) is 2.56. The predicted octanol–water partition coefficient (Wildman–Crippen LogP) is 2.46. The van der Waals surface area contributed by atoms with E-state index >= 15 is 0 Å². The molecule has 2 heterocycles. The van der Waals surface area contributed by atoms with E-state index in [9.17, 15) is 0 Å². The van der Waals surface area contributed by atoms with Gasteiger partial charge in [0, 0.05) is 7.05 Å². The van der Waals surface area contributed by atoms with Crippen LogP contribution < -0.4 is 0 Å². The Labute approximate surface area is 91.8 Å². The van der Waals surface area contributed by atoms with Gasteiger partial charge in [-0.15, -0.1) is 0 Å². The van der Waals surface area contributed by atoms with E-state index in [0.717, 1.165) is 9.21 Å². The van der Waals surface area contributed by atoms with Gasteiger partial charge in [-0.25, -0.2) is 4.98 Å². The van der Waals surface area contributed by atoms with Crippen LogP contribution in [0.1, 0.15) is 12.1 Å². The lowest BCUT2D eigenvalue weighted by molar-refractivity contribution is -0.0335. The second-order valence-corrected chi connectivity index (χ2v) is 3.99. The summed E-state index contributed by atoms with van der Waals surface area (Å²) in [6.45, 7) is 0. The first-order valence-corrected chi connectivity index (χ1v) is 5.12. The second kappa shape index (κ2) is 3.34. The number of rotatable bonds is 1. The zero-order valence-electron chi connectivity index (χ0n) is 6.70. The van der Waals surface area contributed by atoms with Gasteiger partial charge in [-0.1, -0.05) is 0 Å². The maximum atomic E-state index is 5.16. The molecule has 4 nitrogen and oxygen atoms in total. The van der Waals surface area contributed by atoms with Crippen molar-refractivity contribution in [2.75, 3.05) is 0 Å². The lowest BCUT2D eigenvalue weighted by atomic mass is 10.6. The fourth-order valence-electron chi connectivity index (χ4n) is 1.03. The fourth-order valence-corrected chi connectivity index (χ4v) is 1.75. The summed E-state index contributed by atoms with van der Waals surface area (Å²) in [4.78, 5) is 4.23. The molecule has 0 unspecified atom stereocenters. The van der Waals surface area contributed by atoms with Gasteiger partial charge in [0.05, 0.1) is 0 Å². The first kappa shape index (κ1) is 9.08. The largest absolute Gasteiger partial charge is 0.452 e. The molecular formula is C7H6Br2N2O2. The van der Waals surface area contributed by atoms with Crippen molar-refractivity contribution in [2.45, 2.75) is 6.29 Å². The van der Waals surface area contributed by atoms with Crippen LogP contribution in [-0.2, 0) is 16.5 Å². The van der Waals surface area contributed by atoms with Crippen LogP contribution in [0.2, 0.25) is 0 Å². The van der Waals surface area contributed by atoms with E-state index in [4.69, 9.17) is 9.47 Å². The monoisotopic (exact) mass is 308 g/mol. The summed E-state index contributed by atoms with van der Waals surface area (Å²) in [5.41, 5.74) is 0. The fraction of sp³-hybridized carbons (Fsp3) is 0.286. The molecule has 0 amide bonds. The molecule has 0 fully saturated rings. The van der Waals surface area contributed by atoms with Crippen LogP contribution in [0.25, 0.3) is 0 Å². The van der Waals surface area contributed by atoms with Crippen molar-refractivity contribution >= 4 is 31.9 Å². The van der Waals surface area contributed by atoms with Crippen LogP contribution in [0.5, 0.6) is 0 Å². The molecule has 13 heavy (non-hydrogen) atoms. The Bertz CT molecular complexity index is 354. The summed E-state index contributed by atoms with van der Waals surface area (Å²) >= 11 is 6.67. The van der Waals surface area contributed by atoms with Crippen LogP contribution in [0.3, 0.4) is 0 Å². The van der Waals surface area contributed by atoms with E-state index < -0.39 is 6.29 Å². The molecule has 6 heteroatoms. The predicted molar refractivity (Wildman–Crippen MR) is 52.7 cm³/mol. The number of aromatic nitrogens is 2. The molecule has 0 N–H and O–H groups in total. The van der Waals surface area contributed by atoms with Crippen molar-refractivity contribution in [3.8, 4) is 0 Å². The van der Waals surface area contributed by atoms with Crippen molar-refractivity contribution in [3.05, 3.63) is 27.6 Å². The first-order chi connectivity index (χ1) is 6.20. The van der Waals surface area contributed by atoms with Crippen molar-refractivity contribution in [3.63, 3.8) is 0 Å². The van der Waals surface area contributed by atoms with Gasteiger partial charge in [-0.05, 0) is 31.9 Å². The van der Waals surface area contributed by atoms with E-state index in [1.807, 2.05) is 11.6 Å². The van der Waals surface area contributed by atoms with Crippen molar-refractivity contribution < 1.29 is 9.47 Å². The quantitative estimate of drug-likeness (QED) is 0.799. The van der Waals surface area contributed by atoms with Crippen LogP contribution >= 0.6 is 31.9 Å². The summed E-state index contributed by atoms with van der Waals surface area (Å²) < 4.78 is 13.8. The third kappa shape index (κ3) is 1.48. The Hall–Kier alpha value is -0.490. The standard InChI is InChI=1S/C7H6Br2N2O2/c1-11-5(9)4(8)10-6(11)7-12-2-3-13-7/h2-3,7H,1H3. The molecule has 1 aromatic rings. The van der Waals surface area contributed by atoms with Crippen LogP contribution in [-0.4, -0.2) is 9.55 Å². The Kier molecular flexibility index (Phi) is 2.33. The number of halogens is 2. The molecule has 1 aliphatic heterocycles. The van der Waals surface area contributed by atoms with Gasteiger partial charge in [-0.2, -0.15) is 0 Å². The number of nitrogens with zero attached hydrogens (tertiary/aromatic N) is 2. The van der Waals surface area contributed by atoms with Gasteiger partial charge in [0.15, 0.2) is 5.82 Å². The highest BCUT2D eigenvalue weighted by molar-refractivity contribution is 9.13. The molecular weight excluding hydrogens is 304 g/mol. The first-order valence-electron chi connectivity index (χ1n) is 3.53. The minimum Gasteiger partial charge on any atom is -0.452 e. The SMILES string of the molecule is Cn1c(C2OC=CO2)nc(Br)c1Br. The Morgan fingerprint density at radius 3 is 2.46 bits per heavy atom. The van der Waals surface area contributed by atoms with Crippen molar-refractivity contribution in [1.29, 1.82) is 0 Å². The molecule has 0 radical (unpaired) electrons. The summed E-state index contributed by atoms with van der Waals surface area (Å²) in [5, 5.41) is 0. The normalized spacial score (nSPS) is 15.9. The second-order valence-electron chi connectivity index (χ2n) is 2.49. The third-order valence-corrected chi connectivity index (χ3v) is 3.68. The Balaban J connectivity index is 2.35. The lowest BCUT2D eigenvalue weighted by Gasteiger charge is -2.09. The van der Waals surface area contributed by atoms with Crippen molar-refractivity contribution in [1.82, 2.24) is 9.55 Å². The highest BCUT2D eigenvalue weighted by atomic mass is 79.9. The maximum Gasteiger partial charge on any atom is 0.299 e. The van der Waals surface area contributed by atoms with Crippen molar-refractivity contribution in [2.24, 2.45) is 7.05 Å². The van der Waals surface area contributed by atoms with E-state index in [1.54, 1.807) is 0 Å². The van der Waals surface area contributed by atoms with E-state index in [2.05, 4.69) is 36.8 Å². The van der Waals surface area contributed by atoms with Gasteiger partial charge in [0.2, 0.25) is 0 Å². The van der Waals surface area contributed by atoms with Crippen LogP contribution in [0, 0.1) is 0 Å². The molecule has 0 aromatic carbocycles. The average molecular weight is 310 g/mol.